The molecule has 7 heteroatoms. The smallest absolute Gasteiger partial charge is 0.303 e. The minimum absolute atomic E-state index is 0.0262. The van der Waals surface area contributed by atoms with Gasteiger partial charge in [0.1, 0.15) is 0 Å². The lowest BCUT2D eigenvalue weighted by atomic mass is 10.1. The molecule has 1 unspecified atom stereocenters. The van der Waals surface area contributed by atoms with E-state index in [-0.39, 0.29) is 18.2 Å². The largest absolute Gasteiger partial charge is 0.481 e. The van der Waals surface area contributed by atoms with E-state index in [1.54, 1.807) is 17.8 Å². The Morgan fingerprint density at radius 2 is 2.05 bits per heavy atom. The summed E-state index contributed by atoms with van der Waals surface area (Å²) < 4.78 is 2.58. The van der Waals surface area contributed by atoms with Gasteiger partial charge in [-0.05, 0) is 30.2 Å². The van der Waals surface area contributed by atoms with Gasteiger partial charge in [0.05, 0.1) is 17.4 Å². The molecule has 1 atom stereocenters. The fraction of sp³-hybridized carbons (Fsp3) is 0.267. The maximum Gasteiger partial charge on any atom is 0.303 e. The number of carboxylic acids is 1. The molecule has 2 aromatic rings. The van der Waals surface area contributed by atoms with Gasteiger partial charge < -0.3 is 10.4 Å². The number of hydrogen-bond acceptors (Lipinski definition) is 3. The summed E-state index contributed by atoms with van der Waals surface area (Å²) in [7, 11) is 0. The quantitative estimate of drug-likeness (QED) is 0.823. The fourth-order valence-electron chi connectivity index (χ4n) is 1.91. The number of nitrogens with one attached hydrogen (secondary N) is 1. The van der Waals surface area contributed by atoms with Crippen LogP contribution in [0, 0.1) is 5.92 Å². The Bertz CT molecular complexity index is 667. The topological polar surface area (TPSA) is 84.2 Å². The van der Waals surface area contributed by atoms with Gasteiger partial charge in [0.15, 0.2) is 0 Å². The molecule has 0 radical (unpaired) electrons. The molecule has 0 saturated carbocycles. The number of carbonyl (C=O) groups excluding carboxylic acids is 1. The van der Waals surface area contributed by atoms with E-state index in [2.05, 4.69) is 26.3 Å². The Morgan fingerprint density at radius 1 is 1.36 bits per heavy atom. The molecule has 116 valence electrons. The van der Waals surface area contributed by atoms with Crippen molar-refractivity contribution in [3.05, 3.63) is 46.7 Å². The molecular formula is C15H16BrN3O3. The molecule has 0 aliphatic rings. The highest BCUT2D eigenvalue weighted by molar-refractivity contribution is 9.10. The lowest BCUT2D eigenvalue weighted by Gasteiger charge is -2.09. The van der Waals surface area contributed by atoms with Crippen molar-refractivity contribution in [2.24, 2.45) is 5.92 Å². The van der Waals surface area contributed by atoms with Crippen molar-refractivity contribution in [1.29, 1.82) is 0 Å². The molecule has 0 fully saturated rings. The monoisotopic (exact) mass is 365 g/mol. The van der Waals surface area contributed by atoms with Gasteiger partial charge in [-0.15, -0.1) is 0 Å². The summed E-state index contributed by atoms with van der Waals surface area (Å²) in [5.41, 5.74) is 1.28. The van der Waals surface area contributed by atoms with Gasteiger partial charge in [-0.3, -0.25) is 9.59 Å². The molecule has 0 aliphatic carbocycles. The van der Waals surface area contributed by atoms with Crippen LogP contribution in [-0.4, -0.2) is 33.3 Å². The summed E-state index contributed by atoms with van der Waals surface area (Å²) in [6.07, 6.45) is 3.15. The standard InChI is InChI=1S/C15H16BrN3O3/c1-10(6-14(20)21)7-17-15(22)11-8-18-19(9-11)13-4-2-12(16)3-5-13/h2-5,8-10H,6-7H2,1H3,(H,17,22)(H,20,21). The van der Waals surface area contributed by atoms with Crippen LogP contribution >= 0.6 is 15.9 Å². The van der Waals surface area contributed by atoms with Crippen molar-refractivity contribution in [3.8, 4) is 5.69 Å². The van der Waals surface area contributed by atoms with Crippen molar-refractivity contribution in [2.75, 3.05) is 6.54 Å². The SMILES string of the molecule is CC(CNC(=O)c1cnn(-c2ccc(Br)cc2)c1)CC(=O)O. The van der Waals surface area contributed by atoms with Crippen molar-refractivity contribution < 1.29 is 14.7 Å². The summed E-state index contributed by atoms with van der Waals surface area (Å²) in [5, 5.41) is 15.6. The normalized spacial score (nSPS) is 11.9. The van der Waals surface area contributed by atoms with Crippen LogP contribution in [0.4, 0.5) is 0 Å². The van der Waals surface area contributed by atoms with Crippen LogP contribution in [0.25, 0.3) is 5.69 Å². The Kier molecular flexibility index (Phi) is 5.32. The maximum atomic E-state index is 12.0. The zero-order chi connectivity index (χ0) is 16.1. The molecule has 1 aromatic carbocycles. The first kappa shape index (κ1) is 16.2. The first-order chi connectivity index (χ1) is 10.5. The first-order valence-electron chi connectivity index (χ1n) is 6.76. The van der Waals surface area contributed by atoms with E-state index in [0.717, 1.165) is 10.2 Å². The summed E-state index contributed by atoms with van der Waals surface area (Å²) in [6.45, 7) is 2.09. The summed E-state index contributed by atoms with van der Waals surface area (Å²) >= 11 is 3.36. The number of benzene rings is 1. The number of carboxylic acid groups (broad SMARTS) is 1. The zero-order valence-corrected chi connectivity index (χ0v) is 13.6. The first-order valence-corrected chi connectivity index (χ1v) is 7.55. The van der Waals surface area contributed by atoms with Gasteiger partial charge in [-0.1, -0.05) is 22.9 Å². The Balaban J connectivity index is 1.97. The van der Waals surface area contributed by atoms with Crippen molar-refractivity contribution >= 4 is 27.8 Å². The van der Waals surface area contributed by atoms with Crippen LogP contribution in [0.1, 0.15) is 23.7 Å². The predicted molar refractivity (Wildman–Crippen MR) is 85.0 cm³/mol. The van der Waals surface area contributed by atoms with E-state index in [4.69, 9.17) is 5.11 Å². The van der Waals surface area contributed by atoms with Crippen molar-refractivity contribution in [1.82, 2.24) is 15.1 Å². The number of halogens is 1. The number of hydrogen-bond donors (Lipinski definition) is 2. The molecule has 22 heavy (non-hydrogen) atoms. The Labute approximate surface area is 136 Å². The lowest BCUT2D eigenvalue weighted by Crippen LogP contribution is -2.28. The summed E-state index contributed by atoms with van der Waals surface area (Å²) in [5.74, 6) is -1.26. The van der Waals surface area contributed by atoms with Crippen molar-refractivity contribution in [2.45, 2.75) is 13.3 Å². The molecule has 1 amide bonds. The molecule has 6 nitrogen and oxygen atoms in total. The number of nitrogens with zero attached hydrogens (tertiary/aromatic N) is 2. The van der Waals surface area contributed by atoms with E-state index in [1.807, 2.05) is 24.3 Å². The van der Waals surface area contributed by atoms with Crippen LogP contribution in [-0.2, 0) is 4.79 Å². The average molecular weight is 366 g/mol. The van der Waals surface area contributed by atoms with E-state index in [9.17, 15) is 9.59 Å². The second kappa shape index (κ2) is 7.22. The van der Waals surface area contributed by atoms with Crippen LogP contribution in [0.15, 0.2) is 41.1 Å². The zero-order valence-electron chi connectivity index (χ0n) is 12.0. The molecule has 0 bridgehead atoms. The van der Waals surface area contributed by atoms with E-state index in [0.29, 0.717) is 12.1 Å². The molecule has 2 N–H and O–H groups in total. The summed E-state index contributed by atoms with van der Waals surface area (Å²) in [6, 6.07) is 7.55. The number of rotatable bonds is 6. The van der Waals surface area contributed by atoms with Gasteiger partial charge in [0.2, 0.25) is 0 Å². The second-order valence-electron chi connectivity index (χ2n) is 5.06. The molecule has 0 aliphatic heterocycles. The van der Waals surface area contributed by atoms with Gasteiger partial charge in [0, 0.05) is 23.6 Å². The van der Waals surface area contributed by atoms with Crippen LogP contribution in [0.3, 0.4) is 0 Å². The van der Waals surface area contributed by atoms with Gasteiger partial charge >= 0.3 is 5.97 Å². The highest BCUT2D eigenvalue weighted by Gasteiger charge is 2.12. The third-order valence-electron chi connectivity index (χ3n) is 3.07. The predicted octanol–water partition coefficient (Wildman–Crippen LogP) is 2.48. The van der Waals surface area contributed by atoms with Gasteiger partial charge in [0.25, 0.3) is 5.91 Å². The number of aliphatic carboxylic acids is 1. The Hall–Kier alpha value is -2.15. The van der Waals surface area contributed by atoms with E-state index >= 15 is 0 Å². The molecule has 0 spiro atoms. The second-order valence-corrected chi connectivity index (χ2v) is 5.98. The van der Waals surface area contributed by atoms with Gasteiger partial charge in [-0.25, -0.2) is 4.68 Å². The molecular weight excluding hydrogens is 350 g/mol. The van der Waals surface area contributed by atoms with Crippen LogP contribution < -0.4 is 5.32 Å². The number of amides is 1. The number of aromatic nitrogens is 2. The van der Waals surface area contributed by atoms with Gasteiger partial charge in [-0.2, -0.15) is 5.10 Å². The van der Waals surface area contributed by atoms with E-state index in [1.165, 1.54) is 6.20 Å². The highest BCUT2D eigenvalue weighted by Crippen LogP contribution is 2.14. The minimum atomic E-state index is -0.871. The average Bonchev–Trinajstić information content (AvgIpc) is 2.94. The van der Waals surface area contributed by atoms with Crippen molar-refractivity contribution in [3.63, 3.8) is 0 Å². The van der Waals surface area contributed by atoms with Crippen LogP contribution in [0.2, 0.25) is 0 Å². The highest BCUT2D eigenvalue weighted by atomic mass is 79.9. The molecule has 1 heterocycles. The third-order valence-corrected chi connectivity index (χ3v) is 3.60. The lowest BCUT2D eigenvalue weighted by molar-refractivity contribution is -0.137. The molecule has 2 rings (SSSR count). The molecule has 1 aromatic heterocycles. The van der Waals surface area contributed by atoms with E-state index < -0.39 is 5.97 Å². The maximum absolute atomic E-state index is 12.0. The minimum Gasteiger partial charge on any atom is -0.481 e. The Morgan fingerprint density at radius 3 is 2.68 bits per heavy atom. The molecule has 0 saturated heterocycles. The van der Waals surface area contributed by atoms with Crippen LogP contribution in [0.5, 0.6) is 0 Å². The third kappa shape index (κ3) is 4.42. The fourth-order valence-corrected chi connectivity index (χ4v) is 2.18. The summed E-state index contributed by atoms with van der Waals surface area (Å²) in [4.78, 5) is 22.6. The number of carbonyl (C=O) groups is 2.